The van der Waals surface area contributed by atoms with Crippen molar-refractivity contribution >= 4 is 11.6 Å². The molecular weight excluding hydrogens is 212 g/mol. The quantitative estimate of drug-likeness (QED) is 0.837. The number of nitrogens with one attached hydrogen (secondary N) is 2. The highest BCUT2D eigenvalue weighted by Gasteiger charge is 2.39. The Bertz CT molecular complexity index is 369. The normalized spacial score (nSPS) is 23.6. The smallest absolute Gasteiger partial charge is 0.244 e. The predicted octanol–water partition coefficient (Wildman–Crippen LogP) is 2.55. The molecule has 2 rings (SSSR count). The molecule has 1 amide bonds. The molecule has 0 aliphatic carbocycles. The number of hydrogen-bond acceptors (Lipinski definition) is 2. The summed E-state index contributed by atoms with van der Waals surface area (Å²) in [6.45, 7) is 3.07. The van der Waals surface area contributed by atoms with Crippen LogP contribution in [-0.2, 0) is 4.79 Å². The van der Waals surface area contributed by atoms with Gasteiger partial charge in [0.15, 0.2) is 0 Å². The molecule has 0 spiro atoms. The van der Waals surface area contributed by atoms with Crippen molar-refractivity contribution in [1.29, 1.82) is 0 Å². The van der Waals surface area contributed by atoms with Gasteiger partial charge in [0.25, 0.3) is 0 Å². The highest BCUT2D eigenvalue weighted by Crippen LogP contribution is 2.26. The van der Waals surface area contributed by atoms with Crippen LogP contribution >= 0.6 is 0 Å². The molecule has 3 nitrogen and oxygen atoms in total. The molecule has 1 aromatic rings. The molecule has 1 aromatic carbocycles. The Hall–Kier alpha value is -1.35. The van der Waals surface area contributed by atoms with E-state index in [9.17, 15) is 4.79 Å². The third-order valence-electron chi connectivity index (χ3n) is 3.39. The van der Waals surface area contributed by atoms with Crippen LogP contribution in [0.5, 0.6) is 0 Å². The first kappa shape index (κ1) is 12.1. The molecule has 0 radical (unpaired) electrons. The summed E-state index contributed by atoms with van der Waals surface area (Å²) in [7, 11) is 0. The standard InChI is InChI=1S/C14H20N2O/c1-2-9-14(10-6-11-15-14)13(17)16-12-7-4-3-5-8-12/h3-5,7-8,15H,2,6,9-11H2,1H3,(H,16,17). The monoisotopic (exact) mass is 232 g/mol. The first-order chi connectivity index (χ1) is 8.27. The molecule has 1 unspecified atom stereocenters. The lowest BCUT2D eigenvalue weighted by atomic mass is 9.91. The Kier molecular flexibility index (Phi) is 3.79. The van der Waals surface area contributed by atoms with Crippen molar-refractivity contribution in [1.82, 2.24) is 5.32 Å². The SMILES string of the molecule is CCCC1(C(=O)Nc2ccccc2)CCCN1. The van der Waals surface area contributed by atoms with Gasteiger partial charge >= 0.3 is 0 Å². The fourth-order valence-corrected chi connectivity index (χ4v) is 2.53. The lowest BCUT2D eigenvalue weighted by Crippen LogP contribution is -2.50. The van der Waals surface area contributed by atoms with Crippen molar-refractivity contribution in [2.75, 3.05) is 11.9 Å². The zero-order chi connectivity index (χ0) is 12.1. The van der Waals surface area contributed by atoms with Crippen LogP contribution in [0.3, 0.4) is 0 Å². The summed E-state index contributed by atoms with van der Waals surface area (Å²) >= 11 is 0. The van der Waals surface area contributed by atoms with Crippen LogP contribution < -0.4 is 10.6 Å². The number of amides is 1. The molecule has 1 aliphatic rings. The van der Waals surface area contributed by atoms with Crippen molar-refractivity contribution < 1.29 is 4.79 Å². The Morgan fingerprint density at radius 2 is 2.18 bits per heavy atom. The Labute approximate surface area is 103 Å². The molecule has 3 heteroatoms. The van der Waals surface area contributed by atoms with E-state index in [2.05, 4.69) is 17.6 Å². The number of benzene rings is 1. The molecule has 1 saturated heterocycles. The summed E-state index contributed by atoms with van der Waals surface area (Å²) in [6, 6.07) is 9.67. The summed E-state index contributed by atoms with van der Waals surface area (Å²) in [5, 5.41) is 6.39. The number of hydrogen-bond donors (Lipinski definition) is 2. The molecule has 1 fully saturated rings. The topological polar surface area (TPSA) is 41.1 Å². The van der Waals surface area contributed by atoms with Crippen LogP contribution in [0.4, 0.5) is 5.69 Å². The average molecular weight is 232 g/mol. The highest BCUT2D eigenvalue weighted by atomic mass is 16.2. The maximum atomic E-state index is 12.4. The zero-order valence-electron chi connectivity index (χ0n) is 10.3. The second kappa shape index (κ2) is 5.32. The van der Waals surface area contributed by atoms with Crippen LogP contribution in [0.15, 0.2) is 30.3 Å². The van der Waals surface area contributed by atoms with Gasteiger partial charge in [-0.1, -0.05) is 31.5 Å². The predicted molar refractivity (Wildman–Crippen MR) is 69.9 cm³/mol. The van der Waals surface area contributed by atoms with E-state index < -0.39 is 0 Å². The second-order valence-corrected chi connectivity index (χ2v) is 4.68. The lowest BCUT2D eigenvalue weighted by molar-refractivity contribution is -0.122. The summed E-state index contributed by atoms with van der Waals surface area (Å²) < 4.78 is 0. The summed E-state index contributed by atoms with van der Waals surface area (Å²) in [5.41, 5.74) is 0.534. The van der Waals surface area contributed by atoms with Gasteiger partial charge < -0.3 is 10.6 Å². The zero-order valence-corrected chi connectivity index (χ0v) is 10.3. The largest absolute Gasteiger partial charge is 0.324 e. The Balaban J connectivity index is 2.07. The van der Waals surface area contributed by atoms with Crippen LogP contribution in [0, 0.1) is 0 Å². The van der Waals surface area contributed by atoms with Gasteiger partial charge in [-0.05, 0) is 37.9 Å². The van der Waals surface area contributed by atoms with Crippen LogP contribution in [-0.4, -0.2) is 18.0 Å². The molecular formula is C14H20N2O. The number of rotatable bonds is 4. The van der Waals surface area contributed by atoms with E-state index in [0.29, 0.717) is 0 Å². The minimum Gasteiger partial charge on any atom is -0.324 e. The van der Waals surface area contributed by atoms with E-state index in [1.54, 1.807) is 0 Å². The molecule has 17 heavy (non-hydrogen) atoms. The maximum absolute atomic E-state index is 12.4. The third kappa shape index (κ3) is 2.67. The highest BCUT2D eigenvalue weighted by molar-refractivity contribution is 5.98. The lowest BCUT2D eigenvalue weighted by Gasteiger charge is -2.27. The molecule has 1 atom stereocenters. The fraction of sp³-hybridized carbons (Fsp3) is 0.500. The van der Waals surface area contributed by atoms with Gasteiger partial charge in [-0.3, -0.25) is 4.79 Å². The number of carbonyl (C=O) groups is 1. The molecule has 1 aliphatic heterocycles. The summed E-state index contributed by atoms with van der Waals surface area (Å²) in [4.78, 5) is 12.4. The van der Waals surface area contributed by atoms with E-state index in [0.717, 1.165) is 37.9 Å². The van der Waals surface area contributed by atoms with Crippen LogP contribution in [0.25, 0.3) is 0 Å². The number of anilines is 1. The van der Waals surface area contributed by atoms with Crippen molar-refractivity contribution in [3.8, 4) is 0 Å². The molecule has 0 aromatic heterocycles. The summed E-state index contributed by atoms with van der Waals surface area (Å²) in [6.07, 6.45) is 3.96. The molecule has 2 N–H and O–H groups in total. The Morgan fingerprint density at radius 3 is 2.76 bits per heavy atom. The van der Waals surface area contributed by atoms with Crippen LogP contribution in [0.2, 0.25) is 0 Å². The van der Waals surface area contributed by atoms with Crippen molar-refractivity contribution in [3.63, 3.8) is 0 Å². The van der Waals surface area contributed by atoms with Crippen molar-refractivity contribution in [2.45, 2.75) is 38.1 Å². The molecule has 0 saturated carbocycles. The Morgan fingerprint density at radius 1 is 1.41 bits per heavy atom. The first-order valence-corrected chi connectivity index (χ1v) is 6.38. The molecule has 0 bridgehead atoms. The molecule has 92 valence electrons. The maximum Gasteiger partial charge on any atom is 0.244 e. The van der Waals surface area contributed by atoms with Gasteiger partial charge in [-0.25, -0.2) is 0 Å². The van der Waals surface area contributed by atoms with Gasteiger partial charge in [0.2, 0.25) is 5.91 Å². The minimum absolute atomic E-state index is 0.114. The first-order valence-electron chi connectivity index (χ1n) is 6.38. The second-order valence-electron chi connectivity index (χ2n) is 4.68. The molecule has 1 heterocycles. The van der Waals surface area contributed by atoms with Gasteiger partial charge in [-0.2, -0.15) is 0 Å². The van der Waals surface area contributed by atoms with Gasteiger partial charge in [-0.15, -0.1) is 0 Å². The van der Waals surface area contributed by atoms with E-state index in [1.807, 2.05) is 30.3 Å². The van der Waals surface area contributed by atoms with E-state index in [1.165, 1.54) is 0 Å². The van der Waals surface area contributed by atoms with Gasteiger partial charge in [0.05, 0.1) is 5.54 Å². The van der Waals surface area contributed by atoms with Crippen LogP contribution in [0.1, 0.15) is 32.6 Å². The van der Waals surface area contributed by atoms with Crippen molar-refractivity contribution in [3.05, 3.63) is 30.3 Å². The third-order valence-corrected chi connectivity index (χ3v) is 3.39. The average Bonchev–Trinajstić information content (AvgIpc) is 2.81. The van der Waals surface area contributed by atoms with E-state index in [-0.39, 0.29) is 11.4 Å². The fourth-order valence-electron chi connectivity index (χ4n) is 2.53. The van der Waals surface area contributed by atoms with E-state index >= 15 is 0 Å². The van der Waals surface area contributed by atoms with Gasteiger partial charge in [0.1, 0.15) is 0 Å². The summed E-state index contributed by atoms with van der Waals surface area (Å²) in [5.74, 6) is 0.114. The minimum atomic E-state index is -0.343. The number of carbonyl (C=O) groups excluding carboxylic acids is 1. The van der Waals surface area contributed by atoms with Gasteiger partial charge in [0, 0.05) is 5.69 Å². The van der Waals surface area contributed by atoms with Crippen molar-refractivity contribution in [2.24, 2.45) is 0 Å². The number of para-hydroxylation sites is 1. The van der Waals surface area contributed by atoms with E-state index in [4.69, 9.17) is 0 Å².